The molecule has 5 heteroatoms. The van der Waals surface area contributed by atoms with E-state index in [0.29, 0.717) is 0 Å². The zero-order valence-electron chi connectivity index (χ0n) is 13.3. The minimum Gasteiger partial charge on any atom is -0.340 e. The average molecular weight is 342 g/mol. The van der Waals surface area contributed by atoms with Crippen LogP contribution in [0.25, 0.3) is 10.2 Å². The second-order valence-electron chi connectivity index (χ2n) is 6.11. The summed E-state index contributed by atoms with van der Waals surface area (Å²) in [5.74, 6) is 1.72. The van der Waals surface area contributed by atoms with Gasteiger partial charge in [0.25, 0.3) is 0 Å². The van der Waals surface area contributed by atoms with Crippen LogP contribution in [0.1, 0.15) is 23.8 Å². The SMILES string of the molecule is CSc1cccc(Nc2ncnc3sc4c(c23)CCC(C)C4)c1. The van der Waals surface area contributed by atoms with Crippen molar-refractivity contribution >= 4 is 44.8 Å². The van der Waals surface area contributed by atoms with Crippen LogP contribution in [0.2, 0.25) is 0 Å². The first kappa shape index (κ1) is 15.0. The van der Waals surface area contributed by atoms with Gasteiger partial charge in [-0.25, -0.2) is 9.97 Å². The van der Waals surface area contributed by atoms with Gasteiger partial charge in [-0.2, -0.15) is 0 Å². The number of rotatable bonds is 3. The number of aryl methyl sites for hydroxylation is 1. The van der Waals surface area contributed by atoms with Crippen molar-refractivity contribution in [2.45, 2.75) is 31.1 Å². The molecule has 2 aromatic heterocycles. The Kier molecular flexibility index (Phi) is 3.99. The summed E-state index contributed by atoms with van der Waals surface area (Å²) in [6.07, 6.45) is 7.35. The first-order chi connectivity index (χ1) is 11.2. The van der Waals surface area contributed by atoms with Crippen LogP contribution in [-0.2, 0) is 12.8 Å². The third-order valence-corrected chi connectivity index (χ3v) is 6.31. The Bertz CT molecular complexity index is 857. The number of benzene rings is 1. The lowest BCUT2D eigenvalue weighted by Gasteiger charge is -2.18. The molecule has 1 aliphatic rings. The van der Waals surface area contributed by atoms with Crippen molar-refractivity contribution < 1.29 is 0 Å². The van der Waals surface area contributed by atoms with Gasteiger partial charge in [0.2, 0.25) is 0 Å². The summed E-state index contributed by atoms with van der Waals surface area (Å²) in [5.41, 5.74) is 2.55. The molecule has 2 heterocycles. The molecule has 1 unspecified atom stereocenters. The molecule has 0 saturated heterocycles. The summed E-state index contributed by atoms with van der Waals surface area (Å²) in [4.78, 5) is 12.9. The summed E-state index contributed by atoms with van der Waals surface area (Å²) < 4.78 is 0. The Morgan fingerprint density at radius 3 is 3.09 bits per heavy atom. The lowest BCUT2D eigenvalue weighted by Crippen LogP contribution is -2.09. The highest BCUT2D eigenvalue weighted by Crippen LogP contribution is 2.40. The molecule has 23 heavy (non-hydrogen) atoms. The Hall–Kier alpha value is -1.59. The van der Waals surface area contributed by atoms with E-state index in [2.05, 4.69) is 52.7 Å². The van der Waals surface area contributed by atoms with E-state index in [1.54, 1.807) is 18.1 Å². The number of hydrogen-bond donors (Lipinski definition) is 1. The summed E-state index contributed by atoms with van der Waals surface area (Å²) in [7, 11) is 0. The standard InChI is InChI=1S/C18H19N3S2/c1-11-6-7-14-15(8-11)23-18-16(14)17(19-10-20-18)21-12-4-3-5-13(9-12)22-2/h3-5,9-11H,6-8H2,1-2H3,(H,19,20,21). The molecule has 0 saturated carbocycles. The summed E-state index contributed by atoms with van der Waals surface area (Å²) in [5, 5.41) is 4.74. The van der Waals surface area contributed by atoms with Crippen molar-refractivity contribution in [2.24, 2.45) is 5.92 Å². The van der Waals surface area contributed by atoms with Crippen molar-refractivity contribution in [3.8, 4) is 0 Å². The highest BCUT2D eigenvalue weighted by Gasteiger charge is 2.23. The maximum absolute atomic E-state index is 4.53. The zero-order valence-corrected chi connectivity index (χ0v) is 14.9. The van der Waals surface area contributed by atoms with Crippen LogP contribution < -0.4 is 5.32 Å². The lowest BCUT2D eigenvalue weighted by molar-refractivity contribution is 0.509. The number of nitrogens with zero attached hydrogens (tertiary/aromatic N) is 2. The minimum atomic E-state index is 0.776. The second-order valence-corrected chi connectivity index (χ2v) is 8.07. The van der Waals surface area contributed by atoms with E-state index in [0.717, 1.165) is 28.7 Å². The van der Waals surface area contributed by atoms with E-state index >= 15 is 0 Å². The van der Waals surface area contributed by atoms with Gasteiger partial charge < -0.3 is 5.32 Å². The molecule has 1 aromatic carbocycles. The number of thiophene rings is 1. The van der Waals surface area contributed by atoms with Crippen LogP contribution in [0.5, 0.6) is 0 Å². The van der Waals surface area contributed by atoms with Crippen LogP contribution in [0, 0.1) is 5.92 Å². The maximum Gasteiger partial charge on any atom is 0.142 e. The molecular weight excluding hydrogens is 322 g/mol. The number of thioether (sulfide) groups is 1. The van der Waals surface area contributed by atoms with Gasteiger partial charge in [0, 0.05) is 15.5 Å². The van der Waals surface area contributed by atoms with Crippen molar-refractivity contribution in [1.29, 1.82) is 0 Å². The van der Waals surface area contributed by atoms with Gasteiger partial charge >= 0.3 is 0 Å². The van der Waals surface area contributed by atoms with Crippen molar-refractivity contribution in [3.63, 3.8) is 0 Å². The fourth-order valence-corrected chi connectivity index (χ4v) is 5.02. The second kappa shape index (κ2) is 6.13. The quantitative estimate of drug-likeness (QED) is 0.658. The third kappa shape index (κ3) is 2.83. The van der Waals surface area contributed by atoms with Gasteiger partial charge in [0.1, 0.15) is 17.0 Å². The van der Waals surface area contributed by atoms with Crippen LogP contribution in [0.4, 0.5) is 11.5 Å². The predicted molar refractivity (Wildman–Crippen MR) is 100 cm³/mol. The molecule has 3 nitrogen and oxygen atoms in total. The van der Waals surface area contributed by atoms with E-state index in [9.17, 15) is 0 Å². The summed E-state index contributed by atoms with van der Waals surface area (Å²) in [6, 6.07) is 8.46. The number of fused-ring (bicyclic) bond motifs is 3. The smallest absolute Gasteiger partial charge is 0.142 e. The highest BCUT2D eigenvalue weighted by molar-refractivity contribution is 7.98. The minimum absolute atomic E-state index is 0.776. The van der Waals surface area contributed by atoms with Crippen molar-refractivity contribution in [2.75, 3.05) is 11.6 Å². The first-order valence-electron chi connectivity index (χ1n) is 7.91. The Morgan fingerprint density at radius 2 is 2.22 bits per heavy atom. The van der Waals surface area contributed by atoms with Gasteiger partial charge in [0.05, 0.1) is 5.39 Å². The molecule has 0 spiro atoms. The fourth-order valence-electron chi connectivity index (χ4n) is 3.21. The van der Waals surface area contributed by atoms with Gasteiger partial charge in [-0.15, -0.1) is 23.1 Å². The largest absolute Gasteiger partial charge is 0.340 e. The van der Waals surface area contributed by atoms with Gasteiger partial charge in [-0.05, 0) is 55.2 Å². The van der Waals surface area contributed by atoms with Crippen molar-refractivity contribution in [3.05, 3.63) is 41.0 Å². The fraction of sp³-hybridized carbons (Fsp3) is 0.333. The highest BCUT2D eigenvalue weighted by atomic mass is 32.2. The molecule has 1 aliphatic carbocycles. The summed E-state index contributed by atoms with van der Waals surface area (Å²) >= 11 is 3.59. The summed E-state index contributed by atoms with van der Waals surface area (Å²) in [6.45, 7) is 2.34. The van der Waals surface area contributed by atoms with Gasteiger partial charge in [0.15, 0.2) is 0 Å². The van der Waals surface area contributed by atoms with E-state index in [4.69, 9.17) is 0 Å². The predicted octanol–water partition coefficient (Wildman–Crippen LogP) is 5.28. The number of hydrogen-bond acceptors (Lipinski definition) is 5. The molecule has 1 atom stereocenters. The van der Waals surface area contributed by atoms with E-state index in [-0.39, 0.29) is 0 Å². The Labute approximate surface area is 144 Å². The first-order valence-corrected chi connectivity index (χ1v) is 9.95. The molecule has 1 N–H and O–H groups in total. The van der Waals surface area contributed by atoms with Gasteiger partial charge in [-0.1, -0.05) is 13.0 Å². The van der Waals surface area contributed by atoms with Crippen LogP contribution >= 0.6 is 23.1 Å². The Morgan fingerprint density at radius 1 is 1.30 bits per heavy atom. The van der Waals surface area contributed by atoms with Gasteiger partial charge in [-0.3, -0.25) is 0 Å². The molecular formula is C18H19N3S2. The maximum atomic E-state index is 4.53. The molecule has 4 rings (SSSR count). The molecule has 0 amide bonds. The topological polar surface area (TPSA) is 37.8 Å². The van der Waals surface area contributed by atoms with E-state index in [1.165, 1.54) is 33.6 Å². The number of aromatic nitrogens is 2. The molecule has 118 valence electrons. The van der Waals surface area contributed by atoms with E-state index in [1.807, 2.05) is 11.3 Å². The molecule has 0 bridgehead atoms. The van der Waals surface area contributed by atoms with Crippen LogP contribution in [0.3, 0.4) is 0 Å². The third-order valence-electron chi connectivity index (χ3n) is 4.42. The van der Waals surface area contributed by atoms with Crippen LogP contribution in [0.15, 0.2) is 35.5 Å². The Balaban J connectivity index is 1.78. The normalized spacial score (nSPS) is 17.2. The lowest BCUT2D eigenvalue weighted by atomic mass is 9.89. The van der Waals surface area contributed by atoms with Crippen LogP contribution in [-0.4, -0.2) is 16.2 Å². The molecule has 0 aliphatic heterocycles. The number of nitrogens with one attached hydrogen (secondary N) is 1. The monoisotopic (exact) mass is 341 g/mol. The molecule has 0 radical (unpaired) electrons. The molecule has 3 aromatic rings. The molecule has 0 fully saturated rings. The van der Waals surface area contributed by atoms with E-state index < -0.39 is 0 Å². The number of anilines is 2. The van der Waals surface area contributed by atoms with Crippen molar-refractivity contribution in [1.82, 2.24) is 9.97 Å². The average Bonchev–Trinajstić information content (AvgIpc) is 2.93. The zero-order chi connectivity index (χ0) is 15.8.